The number of hydrogen-bond donors (Lipinski definition) is 2. The van der Waals surface area contributed by atoms with Gasteiger partial charge in [0.15, 0.2) is 0 Å². The summed E-state index contributed by atoms with van der Waals surface area (Å²) in [6.07, 6.45) is 0. The topological polar surface area (TPSA) is 110 Å². The first-order valence-electron chi connectivity index (χ1n) is 1.87. The van der Waals surface area contributed by atoms with Gasteiger partial charge in [-0.05, 0) is 0 Å². The van der Waals surface area contributed by atoms with Gasteiger partial charge in [-0.1, -0.05) is 0 Å². The van der Waals surface area contributed by atoms with Gasteiger partial charge in [0, 0.05) is 22.4 Å². The predicted octanol–water partition coefficient (Wildman–Crippen LogP) is -12.7. The molecule has 2 N–H and O–H groups in total. The molecular weight excluding hydrogens is 429 g/mol. The van der Waals surface area contributed by atoms with E-state index in [0.717, 1.165) is 0 Å². The van der Waals surface area contributed by atoms with Crippen molar-refractivity contribution < 1.29 is 240 Å². The van der Waals surface area contributed by atoms with Crippen molar-refractivity contribution in [1.82, 2.24) is 0 Å². The Hall–Kier alpha value is 7.28. The quantitative estimate of drug-likeness (QED) is 0.417. The molecule has 0 aliphatic heterocycles. The van der Waals surface area contributed by atoms with Gasteiger partial charge in [-0.15, -0.1) is 7.26 Å². The van der Waals surface area contributed by atoms with E-state index in [-0.39, 0.29) is 211 Å². The van der Waals surface area contributed by atoms with Crippen molar-refractivity contribution in [2.75, 3.05) is 0 Å². The van der Waals surface area contributed by atoms with Gasteiger partial charge in [0.25, 0.3) is 18.1 Å². The molecular formula is H6K4O7S5. The Morgan fingerprint density at radius 1 is 0.938 bits per heavy atom. The van der Waals surface area contributed by atoms with Crippen molar-refractivity contribution >= 4 is 51.8 Å². The molecule has 0 radical (unpaired) electrons. The van der Waals surface area contributed by atoms with Crippen molar-refractivity contribution in [2.24, 2.45) is 0 Å². The van der Waals surface area contributed by atoms with Crippen molar-refractivity contribution in [2.45, 2.75) is 0 Å². The summed E-state index contributed by atoms with van der Waals surface area (Å²) in [5.41, 5.74) is 0. The maximum atomic E-state index is 10.3. The summed E-state index contributed by atoms with van der Waals surface area (Å²) < 4.78 is 54.2. The van der Waals surface area contributed by atoms with Crippen LogP contribution in [0.1, 0.15) is 5.71 Å². The largest absolute Gasteiger partial charge is 1.00 e. The zero-order valence-electron chi connectivity index (χ0n) is 13.0. The normalized spacial score (nSPS) is 17.9. The van der Waals surface area contributed by atoms with Crippen LogP contribution in [0.15, 0.2) is 0 Å². The zero-order chi connectivity index (χ0) is 9.99. The van der Waals surface area contributed by atoms with Crippen LogP contribution in [-0.2, 0) is 59.1 Å². The molecule has 0 aromatic rings. The Morgan fingerprint density at radius 2 is 1.12 bits per heavy atom. The molecule has 16 heavy (non-hydrogen) atoms. The molecule has 0 aliphatic carbocycles. The molecule has 0 heterocycles. The van der Waals surface area contributed by atoms with E-state index >= 15 is 0 Å². The molecule has 0 amide bonds. The van der Waals surface area contributed by atoms with Crippen LogP contribution in [-0.4, -0.2) is 21.7 Å². The average Bonchev–Trinajstić information content (AvgIpc) is 1.49. The van der Waals surface area contributed by atoms with Crippen LogP contribution in [0.2, 0.25) is 0 Å². The van der Waals surface area contributed by atoms with Crippen LogP contribution >= 0.6 is 0 Å². The van der Waals surface area contributed by atoms with Gasteiger partial charge in [-0.25, -0.2) is 0 Å². The zero-order valence-corrected chi connectivity index (χ0v) is 25.6. The Bertz CT molecular complexity index is 346. The fraction of sp³-hybridized carbons (Fsp3) is 0. The third-order valence-electron chi connectivity index (χ3n) is 0.283. The molecule has 0 bridgehead atoms. The Kier molecular flexibility index (Phi) is 37.0. The summed E-state index contributed by atoms with van der Waals surface area (Å²) in [4.78, 5) is 0. The summed E-state index contributed by atoms with van der Waals surface area (Å²) >= 11 is 4.54. The van der Waals surface area contributed by atoms with E-state index in [9.17, 15) is 12.6 Å². The minimum atomic E-state index is -4.17. The van der Waals surface area contributed by atoms with E-state index in [0.29, 0.717) is 0 Å². The Labute approximate surface area is 282 Å². The summed E-state index contributed by atoms with van der Waals surface area (Å²) in [6, 6.07) is 0. The van der Waals surface area contributed by atoms with E-state index in [1.54, 1.807) is 0 Å². The molecule has 0 saturated carbocycles. The number of hydrogen-bond acceptors (Lipinski definition) is 7. The monoisotopic (exact) mass is 434 g/mol. The van der Waals surface area contributed by atoms with E-state index in [4.69, 9.17) is 9.11 Å². The second-order valence-electron chi connectivity index (χ2n) is 1.20. The fourth-order valence-corrected chi connectivity index (χ4v) is 2.39. The molecule has 82 valence electrons. The third kappa shape index (κ3) is 29.3. The van der Waals surface area contributed by atoms with Gasteiger partial charge in [-0.2, -0.15) is 12.6 Å². The minimum Gasteiger partial charge on any atom is -1.00 e. The SMILES string of the molecule is O=S(OS(=O)(O)=S)OS(=O)(O)=S.[H-].[H-].[H-].[H-].[K+].[K+].[K+].[K+]. The average molecular weight is 435 g/mol. The fourth-order valence-electron chi connectivity index (χ4n) is 0.152. The van der Waals surface area contributed by atoms with E-state index in [2.05, 4.69) is 29.6 Å². The first-order valence-corrected chi connectivity index (χ1v) is 7.60. The van der Waals surface area contributed by atoms with Gasteiger partial charge in [0.05, 0.1) is 0 Å². The standard InChI is InChI=1S/4K.H2O7S5.4H/c;;;;1-10(6-11(2,3)8)7-12(4,5)9;;;;/h;;;;(H,2,3,8)(H,4,5,9);;;;/q4*+1;;4*-1. The van der Waals surface area contributed by atoms with Gasteiger partial charge in [0.1, 0.15) is 0 Å². The van der Waals surface area contributed by atoms with E-state index in [1.165, 1.54) is 0 Å². The molecule has 0 aromatic heterocycles. The molecule has 0 aliphatic rings. The summed E-state index contributed by atoms with van der Waals surface area (Å²) in [5.74, 6) is 0. The predicted molar refractivity (Wildman–Crippen MR) is 51.0 cm³/mol. The molecule has 7 nitrogen and oxygen atoms in total. The minimum absolute atomic E-state index is 0. The summed E-state index contributed by atoms with van der Waals surface area (Å²) in [5, 5.41) is 0. The Morgan fingerprint density at radius 3 is 1.25 bits per heavy atom. The van der Waals surface area contributed by atoms with Crippen LogP contribution in [0, 0.1) is 0 Å². The van der Waals surface area contributed by atoms with Crippen LogP contribution in [0.5, 0.6) is 0 Å². The number of rotatable bonds is 4. The van der Waals surface area contributed by atoms with Crippen LogP contribution in [0.3, 0.4) is 0 Å². The first-order chi connectivity index (χ1) is 5.10. The molecule has 0 rings (SSSR count). The van der Waals surface area contributed by atoms with Crippen molar-refractivity contribution in [3.8, 4) is 0 Å². The molecule has 0 fully saturated rings. The van der Waals surface area contributed by atoms with Crippen LogP contribution in [0.25, 0.3) is 0 Å². The van der Waals surface area contributed by atoms with E-state index < -0.39 is 29.5 Å². The van der Waals surface area contributed by atoms with Crippen molar-refractivity contribution in [3.63, 3.8) is 0 Å². The smallest absolute Gasteiger partial charge is 1.00 e. The van der Waals surface area contributed by atoms with E-state index in [1.807, 2.05) is 0 Å². The van der Waals surface area contributed by atoms with Crippen molar-refractivity contribution in [1.29, 1.82) is 0 Å². The maximum absolute atomic E-state index is 10.3. The summed E-state index contributed by atoms with van der Waals surface area (Å²) in [6.45, 7) is 0. The molecule has 0 saturated heterocycles. The second-order valence-corrected chi connectivity index (χ2v) is 6.93. The van der Waals surface area contributed by atoms with Gasteiger partial charge < -0.3 is 5.71 Å². The van der Waals surface area contributed by atoms with Crippen LogP contribution in [0.4, 0.5) is 0 Å². The molecule has 0 spiro atoms. The van der Waals surface area contributed by atoms with Gasteiger partial charge in [-0.3, -0.25) is 9.11 Å². The second kappa shape index (κ2) is 17.1. The molecule has 2 atom stereocenters. The van der Waals surface area contributed by atoms with Gasteiger partial charge in [0.2, 0.25) is 0 Å². The summed E-state index contributed by atoms with van der Waals surface area (Å²) in [7, 11) is -8.34. The third-order valence-corrected chi connectivity index (χ3v) is 3.55. The van der Waals surface area contributed by atoms with Crippen LogP contribution < -0.4 is 206 Å². The van der Waals surface area contributed by atoms with Crippen molar-refractivity contribution in [3.05, 3.63) is 0 Å². The Balaban J connectivity index is -0.0000000216. The molecule has 2 unspecified atom stereocenters. The van der Waals surface area contributed by atoms with Gasteiger partial charge >= 0.3 is 217 Å². The molecule has 0 aromatic carbocycles. The molecule has 16 heteroatoms. The first kappa shape index (κ1) is 34.6. The maximum Gasteiger partial charge on any atom is 1.00 e.